The lowest BCUT2D eigenvalue weighted by atomic mass is 10.2. The van der Waals surface area contributed by atoms with Crippen LogP contribution in [-0.4, -0.2) is 21.3 Å². The Balaban J connectivity index is 3.14. The first kappa shape index (κ1) is 13.1. The van der Waals surface area contributed by atoms with Gasteiger partial charge in [0.15, 0.2) is 0 Å². The Bertz CT molecular complexity index is 345. The Morgan fingerprint density at radius 1 is 1.12 bits per heavy atom. The van der Waals surface area contributed by atoms with Crippen molar-refractivity contribution < 1.29 is 18.8 Å². The van der Waals surface area contributed by atoms with E-state index in [2.05, 4.69) is 0 Å². The van der Waals surface area contributed by atoms with Crippen LogP contribution in [0.3, 0.4) is 0 Å². The number of hydrogen-bond donors (Lipinski definition) is 0. The highest BCUT2D eigenvalue weighted by Gasteiger charge is 2.13. The molecule has 0 saturated carbocycles. The maximum Gasteiger partial charge on any atom is 0.227 e. The predicted octanol–water partition coefficient (Wildman–Crippen LogP) is 3.15. The zero-order valence-corrected chi connectivity index (χ0v) is 11.1. The van der Waals surface area contributed by atoms with Gasteiger partial charge in [0, 0.05) is 23.4 Å². The van der Waals surface area contributed by atoms with Gasteiger partial charge in [-0.1, -0.05) is 11.4 Å². The molecule has 0 aliphatic rings. The fourth-order valence-electron chi connectivity index (χ4n) is 1.31. The zero-order chi connectivity index (χ0) is 12.0. The third-order valence-corrected chi connectivity index (χ3v) is 3.31. The van der Waals surface area contributed by atoms with E-state index in [-0.39, 0.29) is 7.66 Å². The lowest BCUT2D eigenvalue weighted by Crippen LogP contribution is -1.96. The van der Waals surface area contributed by atoms with Gasteiger partial charge in [0.05, 0.1) is 21.3 Å². The molecule has 0 unspecified atom stereocenters. The van der Waals surface area contributed by atoms with Crippen molar-refractivity contribution in [1.29, 1.82) is 0 Å². The normalized spacial score (nSPS) is 10.2. The van der Waals surface area contributed by atoms with Crippen molar-refractivity contribution in [3.8, 4) is 17.2 Å². The Morgan fingerprint density at radius 3 is 2.06 bits per heavy atom. The second kappa shape index (κ2) is 6.61. The summed E-state index contributed by atoms with van der Waals surface area (Å²) in [7, 11) is 4.78. The van der Waals surface area contributed by atoms with Crippen LogP contribution in [0.15, 0.2) is 12.1 Å². The third kappa shape index (κ3) is 3.03. The van der Waals surface area contributed by atoms with Crippen molar-refractivity contribution >= 4 is 19.0 Å². The lowest BCUT2D eigenvalue weighted by Gasteiger charge is -2.13. The van der Waals surface area contributed by atoms with Gasteiger partial charge in [-0.2, -0.15) is 0 Å². The SMILES string of the molecule is COc1cc(OC)c(CSP=O)c(OC)c1. The molecule has 0 aromatic heterocycles. The first-order valence-electron chi connectivity index (χ1n) is 4.50. The van der Waals surface area contributed by atoms with Crippen molar-refractivity contribution in [2.24, 2.45) is 0 Å². The van der Waals surface area contributed by atoms with Crippen LogP contribution in [0.25, 0.3) is 0 Å². The molecule has 0 amide bonds. The summed E-state index contributed by atoms with van der Waals surface area (Å²) in [5, 5.41) is 0. The summed E-state index contributed by atoms with van der Waals surface area (Å²) in [5.41, 5.74) is 0.874. The molecule has 1 rings (SSSR count). The van der Waals surface area contributed by atoms with Crippen LogP contribution in [0.1, 0.15) is 5.56 Å². The summed E-state index contributed by atoms with van der Waals surface area (Å²) in [6, 6.07) is 3.56. The molecule has 0 heterocycles. The Labute approximate surface area is 100 Å². The molecule has 0 spiro atoms. The van der Waals surface area contributed by atoms with Crippen LogP contribution in [0, 0.1) is 0 Å². The van der Waals surface area contributed by atoms with Gasteiger partial charge < -0.3 is 14.2 Å². The number of benzene rings is 1. The standard InChI is InChI=1S/C10H13O4PS/c1-12-7-4-9(13-2)8(6-16-15-11)10(5-7)14-3/h4-5H,6H2,1-3H3. The minimum Gasteiger partial charge on any atom is -0.496 e. The van der Waals surface area contributed by atoms with Gasteiger partial charge in [-0.15, -0.1) is 0 Å². The van der Waals surface area contributed by atoms with E-state index in [4.69, 9.17) is 14.2 Å². The molecule has 0 radical (unpaired) electrons. The number of rotatable bonds is 6. The second-order valence-corrected chi connectivity index (χ2v) is 4.78. The van der Waals surface area contributed by atoms with E-state index in [1.54, 1.807) is 33.5 Å². The molecule has 0 atom stereocenters. The highest BCUT2D eigenvalue weighted by Crippen LogP contribution is 2.38. The summed E-state index contributed by atoms with van der Waals surface area (Å²) in [6.45, 7) is 0. The third-order valence-electron chi connectivity index (χ3n) is 2.08. The maximum absolute atomic E-state index is 10.5. The van der Waals surface area contributed by atoms with Crippen molar-refractivity contribution in [2.45, 2.75) is 5.75 Å². The van der Waals surface area contributed by atoms with Crippen LogP contribution in [-0.2, 0) is 10.3 Å². The number of methoxy groups -OCH3 is 3. The smallest absolute Gasteiger partial charge is 0.227 e. The van der Waals surface area contributed by atoms with Crippen molar-refractivity contribution in [3.63, 3.8) is 0 Å². The molecule has 0 fully saturated rings. The molecule has 6 heteroatoms. The van der Waals surface area contributed by atoms with Gasteiger partial charge in [-0.25, -0.2) is 0 Å². The quantitative estimate of drug-likeness (QED) is 0.735. The predicted molar refractivity (Wildman–Crippen MR) is 65.0 cm³/mol. The molecule has 16 heavy (non-hydrogen) atoms. The van der Waals surface area contributed by atoms with E-state index in [0.717, 1.165) is 5.56 Å². The highest BCUT2D eigenvalue weighted by atomic mass is 32.7. The molecular formula is C10H13O4PS. The monoisotopic (exact) mass is 260 g/mol. The summed E-state index contributed by atoms with van der Waals surface area (Å²) in [6.07, 6.45) is 0. The molecule has 0 N–H and O–H groups in total. The zero-order valence-electron chi connectivity index (χ0n) is 9.35. The van der Waals surface area contributed by atoms with Crippen LogP contribution >= 0.6 is 19.0 Å². The minimum atomic E-state index is 0.0349. The van der Waals surface area contributed by atoms with Crippen LogP contribution in [0.5, 0.6) is 17.2 Å². The minimum absolute atomic E-state index is 0.0349. The van der Waals surface area contributed by atoms with Gasteiger partial charge >= 0.3 is 0 Å². The molecule has 1 aromatic carbocycles. The number of ether oxygens (including phenoxy) is 3. The Hall–Kier alpha value is -0.930. The van der Waals surface area contributed by atoms with E-state index in [9.17, 15) is 4.57 Å². The number of hydrogen-bond acceptors (Lipinski definition) is 5. The van der Waals surface area contributed by atoms with Crippen LogP contribution in [0.2, 0.25) is 0 Å². The molecule has 1 aromatic rings. The van der Waals surface area contributed by atoms with Crippen molar-refractivity contribution in [2.75, 3.05) is 21.3 Å². The second-order valence-electron chi connectivity index (χ2n) is 2.86. The molecule has 0 aliphatic carbocycles. The summed E-state index contributed by atoms with van der Waals surface area (Å²) in [5.74, 6) is 2.57. The van der Waals surface area contributed by atoms with Gasteiger partial charge in [-0.05, 0) is 0 Å². The first-order valence-corrected chi connectivity index (χ1v) is 6.90. The fourth-order valence-corrected chi connectivity index (χ4v) is 2.32. The summed E-state index contributed by atoms with van der Waals surface area (Å²) in [4.78, 5) is 0. The van der Waals surface area contributed by atoms with E-state index < -0.39 is 0 Å². The molecule has 0 bridgehead atoms. The molecule has 0 aliphatic heterocycles. The summed E-state index contributed by atoms with van der Waals surface area (Å²) >= 11 is 1.25. The van der Waals surface area contributed by atoms with E-state index in [0.29, 0.717) is 23.0 Å². The lowest BCUT2D eigenvalue weighted by molar-refractivity contribution is 0.371. The molecule has 4 nitrogen and oxygen atoms in total. The average Bonchev–Trinajstić information content (AvgIpc) is 2.35. The summed E-state index contributed by atoms with van der Waals surface area (Å²) < 4.78 is 26.1. The first-order chi connectivity index (χ1) is 7.76. The van der Waals surface area contributed by atoms with Gasteiger partial charge in [-0.3, -0.25) is 4.57 Å². The molecular weight excluding hydrogens is 247 g/mol. The average molecular weight is 260 g/mol. The molecule has 0 saturated heterocycles. The van der Waals surface area contributed by atoms with Crippen LogP contribution in [0.4, 0.5) is 0 Å². The maximum atomic E-state index is 10.5. The Kier molecular flexibility index (Phi) is 5.43. The van der Waals surface area contributed by atoms with E-state index >= 15 is 0 Å². The van der Waals surface area contributed by atoms with Crippen molar-refractivity contribution in [3.05, 3.63) is 17.7 Å². The molecule has 88 valence electrons. The van der Waals surface area contributed by atoms with Crippen molar-refractivity contribution in [1.82, 2.24) is 0 Å². The van der Waals surface area contributed by atoms with Gasteiger partial charge in [0.25, 0.3) is 0 Å². The largest absolute Gasteiger partial charge is 0.496 e. The topological polar surface area (TPSA) is 44.8 Å². The van der Waals surface area contributed by atoms with E-state index in [1.165, 1.54) is 11.4 Å². The van der Waals surface area contributed by atoms with Gasteiger partial charge in [0.1, 0.15) is 17.2 Å². The highest BCUT2D eigenvalue weighted by molar-refractivity contribution is 8.45. The fraction of sp³-hybridized carbons (Fsp3) is 0.400. The van der Waals surface area contributed by atoms with Gasteiger partial charge in [0.2, 0.25) is 7.66 Å². The van der Waals surface area contributed by atoms with E-state index in [1.807, 2.05) is 0 Å². The van der Waals surface area contributed by atoms with Crippen LogP contribution < -0.4 is 14.2 Å². The Morgan fingerprint density at radius 2 is 1.69 bits per heavy atom.